The highest BCUT2D eigenvalue weighted by atomic mass is 79.9. The first-order valence-electron chi connectivity index (χ1n) is 4.12. The standard InChI is InChI=1S/C9H8BrNO2S/c10-6-2-1-3-7-8(6)14-5-4-11(7)9(12)13/h1-3H,4-5H2,(H,12,13). The second kappa shape index (κ2) is 3.82. The summed E-state index contributed by atoms with van der Waals surface area (Å²) in [6, 6.07) is 5.61. The van der Waals surface area contributed by atoms with Crippen LogP contribution in [0, 0.1) is 0 Å². The minimum Gasteiger partial charge on any atom is -0.465 e. The van der Waals surface area contributed by atoms with Crippen LogP contribution in [-0.4, -0.2) is 23.5 Å². The smallest absolute Gasteiger partial charge is 0.411 e. The normalized spacial score (nSPS) is 15.1. The Morgan fingerprint density at radius 3 is 3.07 bits per heavy atom. The number of hydrogen-bond acceptors (Lipinski definition) is 2. The third-order valence-corrected chi connectivity index (χ3v) is 4.06. The van der Waals surface area contributed by atoms with E-state index in [4.69, 9.17) is 5.11 Å². The second-order valence-corrected chi connectivity index (χ2v) is 4.83. The van der Waals surface area contributed by atoms with Crippen LogP contribution >= 0.6 is 27.7 Å². The molecule has 0 aromatic heterocycles. The predicted octanol–water partition coefficient (Wildman–Crippen LogP) is 3.04. The molecule has 1 amide bonds. The first-order valence-corrected chi connectivity index (χ1v) is 5.90. The van der Waals surface area contributed by atoms with E-state index < -0.39 is 6.09 Å². The van der Waals surface area contributed by atoms with Crippen molar-refractivity contribution in [3.63, 3.8) is 0 Å². The van der Waals surface area contributed by atoms with Crippen molar-refractivity contribution in [2.45, 2.75) is 4.90 Å². The molecule has 5 heteroatoms. The summed E-state index contributed by atoms with van der Waals surface area (Å²) in [5, 5.41) is 8.98. The van der Waals surface area contributed by atoms with E-state index in [1.165, 1.54) is 4.90 Å². The third kappa shape index (κ3) is 1.62. The van der Waals surface area contributed by atoms with Crippen molar-refractivity contribution < 1.29 is 9.90 Å². The molecular formula is C9H8BrNO2S. The monoisotopic (exact) mass is 273 g/mol. The molecule has 0 saturated heterocycles. The van der Waals surface area contributed by atoms with E-state index in [2.05, 4.69) is 15.9 Å². The molecule has 1 heterocycles. The van der Waals surface area contributed by atoms with Crippen molar-refractivity contribution in [1.29, 1.82) is 0 Å². The van der Waals surface area contributed by atoms with Crippen molar-refractivity contribution in [2.75, 3.05) is 17.2 Å². The van der Waals surface area contributed by atoms with Crippen LogP contribution in [0.15, 0.2) is 27.6 Å². The summed E-state index contributed by atoms with van der Waals surface area (Å²) in [4.78, 5) is 13.3. The Morgan fingerprint density at radius 2 is 2.36 bits per heavy atom. The average Bonchev–Trinajstić information content (AvgIpc) is 2.17. The van der Waals surface area contributed by atoms with Crippen LogP contribution in [0.1, 0.15) is 0 Å². The summed E-state index contributed by atoms with van der Waals surface area (Å²) in [5.74, 6) is 0.807. The molecule has 0 spiro atoms. The maximum Gasteiger partial charge on any atom is 0.411 e. The van der Waals surface area contributed by atoms with E-state index in [0.717, 1.165) is 20.8 Å². The average molecular weight is 274 g/mol. The van der Waals surface area contributed by atoms with Crippen LogP contribution in [0.4, 0.5) is 10.5 Å². The predicted molar refractivity (Wildman–Crippen MR) is 60.2 cm³/mol. The quantitative estimate of drug-likeness (QED) is 0.790. The Kier molecular flexibility index (Phi) is 2.69. The van der Waals surface area contributed by atoms with Gasteiger partial charge in [0.05, 0.1) is 5.69 Å². The summed E-state index contributed by atoms with van der Waals surface area (Å²) in [6.45, 7) is 0.559. The highest BCUT2D eigenvalue weighted by molar-refractivity contribution is 9.10. The van der Waals surface area contributed by atoms with Crippen molar-refractivity contribution in [3.8, 4) is 0 Å². The molecule has 2 rings (SSSR count). The maximum atomic E-state index is 10.9. The zero-order valence-corrected chi connectivity index (χ0v) is 9.64. The molecule has 3 nitrogen and oxygen atoms in total. The van der Waals surface area contributed by atoms with Crippen molar-refractivity contribution in [2.24, 2.45) is 0 Å². The van der Waals surface area contributed by atoms with Crippen LogP contribution in [0.3, 0.4) is 0 Å². The van der Waals surface area contributed by atoms with E-state index in [1.54, 1.807) is 11.8 Å². The van der Waals surface area contributed by atoms with Gasteiger partial charge in [0.15, 0.2) is 0 Å². The minimum absolute atomic E-state index is 0.559. The Bertz CT molecular complexity index is 383. The van der Waals surface area contributed by atoms with Gasteiger partial charge in [0.25, 0.3) is 0 Å². The van der Waals surface area contributed by atoms with Gasteiger partial charge in [0, 0.05) is 21.7 Å². The fourth-order valence-corrected chi connectivity index (χ4v) is 3.12. The van der Waals surface area contributed by atoms with E-state index in [1.807, 2.05) is 18.2 Å². The van der Waals surface area contributed by atoms with Crippen LogP contribution < -0.4 is 4.90 Å². The van der Waals surface area contributed by atoms with Gasteiger partial charge < -0.3 is 5.11 Å². The van der Waals surface area contributed by atoms with Gasteiger partial charge in [-0.15, -0.1) is 11.8 Å². The molecule has 0 atom stereocenters. The Balaban J connectivity index is 2.49. The Hall–Kier alpha value is -0.680. The van der Waals surface area contributed by atoms with E-state index in [-0.39, 0.29) is 0 Å². The lowest BCUT2D eigenvalue weighted by Crippen LogP contribution is -2.34. The van der Waals surface area contributed by atoms with Gasteiger partial charge >= 0.3 is 6.09 Å². The first kappa shape index (κ1) is 9.86. The van der Waals surface area contributed by atoms with Crippen LogP contribution in [-0.2, 0) is 0 Å². The topological polar surface area (TPSA) is 40.5 Å². The lowest BCUT2D eigenvalue weighted by atomic mass is 10.3. The van der Waals surface area contributed by atoms with Crippen molar-refractivity contribution in [1.82, 2.24) is 0 Å². The second-order valence-electron chi connectivity index (χ2n) is 2.87. The van der Waals surface area contributed by atoms with Gasteiger partial charge in [0.1, 0.15) is 0 Å². The first-order chi connectivity index (χ1) is 6.70. The molecule has 0 saturated carbocycles. The van der Waals surface area contributed by atoms with Gasteiger partial charge in [-0.3, -0.25) is 4.90 Å². The lowest BCUT2D eigenvalue weighted by molar-refractivity contribution is 0.202. The molecular weight excluding hydrogens is 266 g/mol. The molecule has 14 heavy (non-hydrogen) atoms. The van der Waals surface area contributed by atoms with Crippen LogP contribution in [0.5, 0.6) is 0 Å². The number of amides is 1. The zero-order chi connectivity index (χ0) is 10.1. The molecule has 0 aliphatic carbocycles. The number of benzene rings is 1. The SMILES string of the molecule is O=C(O)N1CCSc2c(Br)cccc21. The number of carboxylic acid groups (broad SMARTS) is 1. The van der Waals surface area contributed by atoms with E-state index >= 15 is 0 Å². The number of fused-ring (bicyclic) bond motifs is 1. The lowest BCUT2D eigenvalue weighted by Gasteiger charge is -2.26. The van der Waals surface area contributed by atoms with Gasteiger partial charge in [-0.25, -0.2) is 4.79 Å². The van der Waals surface area contributed by atoms with E-state index in [0.29, 0.717) is 6.54 Å². The van der Waals surface area contributed by atoms with Crippen LogP contribution in [0.2, 0.25) is 0 Å². The molecule has 1 N–H and O–H groups in total. The molecule has 0 fully saturated rings. The number of rotatable bonds is 0. The third-order valence-electron chi connectivity index (χ3n) is 2.03. The number of hydrogen-bond donors (Lipinski definition) is 1. The highest BCUT2D eigenvalue weighted by Gasteiger charge is 2.23. The fourth-order valence-electron chi connectivity index (χ4n) is 1.41. The van der Waals surface area contributed by atoms with Gasteiger partial charge in [-0.2, -0.15) is 0 Å². The largest absolute Gasteiger partial charge is 0.465 e. The molecule has 74 valence electrons. The summed E-state index contributed by atoms with van der Waals surface area (Å²) >= 11 is 5.10. The minimum atomic E-state index is -0.885. The van der Waals surface area contributed by atoms with Crippen molar-refractivity contribution in [3.05, 3.63) is 22.7 Å². The summed E-state index contributed by atoms with van der Waals surface area (Å²) < 4.78 is 0.964. The number of nitrogens with zero attached hydrogens (tertiary/aromatic N) is 1. The number of anilines is 1. The van der Waals surface area contributed by atoms with Crippen LogP contribution in [0.25, 0.3) is 0 Å². The summed E-state index contributed by atoms with van der Waals surface area (Å²) in [6.07, 6.45) is -0.885. The Labute approximate surface area is 94.2 Å². The van der Waals surface area contributed by atoms with Gasteiger partial charge in [0.2, 0.25) is 0 Å². The molecule has 1 aliphatic heterocycles. The molecule has 0 radical (unpaired) electrons. The Morgan fingerprint density at radius 1 is 1.57 bits per heavy atom. The molecule has 0 bridgehead atoms. The number of halogens is 1. The van der Waals surface area contributed by atoms with E-state index in [9.17, 15) is 4.79 Å². The number of thioether (sulfide) groups is 1. The summed E-state index contributed by atoms with van der Waals surface area (Å²) in [5.41, 5.74) is 0.781. The highest BCUT2D eigenvalue weighted by Crippen LogP contribution is 2.39. The van der Waals surface area contributed by atoms with Crippen molar-refractivity contribution >= 4 is 39.5 Å². The molecule has 1 aromatic carbocycles. The number of carbonyl (C=O) groups is 1. The molecule has 1 aromatic rings. The van der Waals surface area contributed by atoms with Gasteiger partial charge in [-0.1, -0.05) is 6.07 Å². The zero-order valence-electron chi connectivity index (χ0n) is 7.24. The maximum absolute atomic E-state index is 10.9. The summed E-state index contributed by atoms with van der Waals surface area (Å²) in [7, 11) is 0. The molecule has 0 unspecified atom stereocenters. The fraction of sp³-hybridized carbons (Fsp3) is 0.222. The molecule has 1 aliphatic rings. The van der Waals surface area contributed by atoms with Gasteiger partial charge in [-0.05, 0) is 28.1 Å².